The number of hydrogen-bond acceptors (Lipinski definition) is 7. The third kappa shape index (κ3) is 7.39. The molecule has 0 spiro atoms. The molecule has 11 heteroatoms. The van der Waals surface area contributed by atoms with E-state index in [4.69, 9.17) is 14.5 Å². The smallest absolute Gasteiger partial charge is 0.408 e. The van der Waals surface area contributed by atoms with Crippen LogP contribution in [0.3, 0.4) is 0 Å². The quantitative estimate of drug-likeness (QED) is 0.451. The van der Waals surface area contributed by atoms with Crippen LogP contribution in [-0.4, -0.2) is 79.1 Å². The second kappa shape index (κ2) is 11.9. The zero-order valence-electron chi connectivity index (χ0n) is 20.9. The average Bonchev–Trinajstić information content (AvgIpc) is 3.28. The molecule has 1 aliphatic heterocycles. The van der Waals surface area contributed by atoms with Gasteiger partial charge in [0.05, 0.1) is 18.9 Å². The molecule has 2 aliphatic carbocycles. The number of amides is 1. The first kappa shape index (κ1) is 26.8. The highest BCUT2D eigenvalue weighted by atomic mass is 32.2. The van der Waals surface area contributed by atoms with Gasteiger partial charge in [-0.1, -0.05) is 6.07 Å². The molecule has 1 saturated carbocycles. The number of carboxylic acid groups (broad SMARTS) is 1. The van der Waals surface area contributed by atoms with Gasteiger partial charge in [0.2, 0.25) is 10.0 Å². The van der Waals surface area contributed by atoms with E-state index in [0.29, 0.717) is 12.3 Å². The van der Waals surface area contributed by atoms with Crippen LogP contribution in [0.1, 0.15) is 61.9 Å². The third-order valence-corrected chi connectivity index (χ3v) is 8.71. The summed E-state index contributed by atoms with van der Waals surface area (Å²) in [4.78, 5) is 28.6. The normalized spacial score (nSPS) is 25.0. The van der Waals surface area contributed by atoms with E-state index < -0.39 is 34.2 Å². The molecule has 2 N–H and O–H groups in total. The predicted molar refractivity (Wildman–Crippen MR) is 132 cm³/mol. The Bertz CT molecular complexity index is 1040. The van der Waals surface area contributed by atoms with E-state index in [1.165, 1.54) is 34.1 Å². The maximum atomic E-state index is 12.1. The van der Waals surface area contributed by atoms with Crippen LogP contribution >= 0.6 is 0 Å². The summed E-state index contributed by atoms with van der Waals surface area (Å²) in [5, 5.41) is 11.8. The zero-order valence-corrected chi connectivity index (χ0v) is 21.7. The summed E-state index contributed by atoms with van der Waals surface area (Å²) >= 11 is 0. The second-order valence-corrected chi connectivity index (χ2v) is 12.2. The second-order valence-electron chi connectivity index (χ2n) is 10.2. The van der Waals surface area contributed by atoms with Gasteiger partial charge in [0.25, 0.3) is 0 Å². The number of ether oxygens (including phenoxy) is 2. The van der Waals surface area contributed by atoms with E-state index in [1.807, 2.05) is 0 Å². The first-order valence-corrected chi connectivity index (χ1v) is 14.8. The molecule has 1 aromatic heterocycles. The molecular weight excluding hydrogens is 486 g/mol. The highest BCUT2D eigenvalue weighted by Gasteiger charge is 2.33. The Kier molecular flexibility index (Phi) is 8.84. The zero-order chi connectivity index (χ0) is 25.7. The first-order chi connectivity index (χ1) is 17.2. The van der Waals surface area contributed by atoms with E-state index in [-0.39, 0.29) is 32.2 Å². The Balaban J connectivity index is 1.10. The summed E-state index contributed by atoms with van der Waals surface area (Å²) < 4.78 is 35.5. The molecule has 10 nitrogen and oxygen atoms in total. The summed E-state index contributed by atoms with van der Waals surface area (Å²) in [6.45, 7) is 0.587. The van der Waals surface area contributed by atoms with Crippen molar-refractivity contribution >= 4 is 22.1 Å². The number of carboxylic acids is 1. The Morgan fingerprint density at radius 1 is 1.22 bits per heavy atom. The minimum Gasteiger partial charge on any atom is -0.480 e. The highest BCUT2D eigenvalue weighted by molar-refractivity contribution is 7.88. The molecule has 2 atom stereocenters. The van der Waals surface area contributed by atoms with Gasteiger partial charge in [-0.3, -0.25) is 4.98 Å². The Morgan fingerprint density at radius 3 is 2.72 bits per heavy atom. The van der Waals surface area contributed by atoms with Gasteiger partial charge < -0.3 is 19.9 Å². The summed E-state index contributed by atoms with van der Waals surface area (Å²) in [6.07, 6.45) is 8.98. The van der Waals surface area contributed by atoms with Crippen LogP contribution in [-0.2, 0) is 43.6 Å². The number of carbonyl (C=O) groups excluding carboxylic acids is 1. The number of rotatable bonds is 11. The summed E-state index contributed by atoms with van der Waals surface area (Å²) in [7, 11) is -3.34. The number of pyridine rings is 1. The number of alkyl carbamates (subject to hydrolysis) is 1. The van der Waals surface area contributed by atoms with Crippen molar-refractivity contribution in [2.45, 2.75) is 82.5 Å². The van der Waals surface area contributed by atoms with Gasteiger partial charge in [0.1, 0.15) is 12.1 Å². The number of aliphatic carboxylic acids is 1. The molecule has 0 radical (unpaired) electrons. The molecule has 0 bridgehead atoms. The number of nitrogens with zero attached hydrogens (tertiary/aromatic N) is 2. The fourth-order valence-corrected chi connectivity index (χ4v) is 6.07. The van der Waals surface area contributed by atoms with Crippen LogP contribution in [0.5, 0.6) is 0 Å². The van der Waals surface area contributed by atoms with Gasteiger partial charge >= 0.3 is 12.1 Å². The van der Waals surface area contributed by atoms with Crippen molar-refractivity contribution in [3.63, 3.8) is 0 Å². The molecule has 1 amide bonds. The summed E-state index contributed by atoms with van der Waals surface area (Å²) in [5.74, 6) is -0.571. The van der Waals surface area contributed by atoms with Crippen LogP contribution in [0.2, 0.25) is 0 Å². The third-order valence-electron chi connectivity index (χ3n) is 7.44. The fourth-order valence-electron chi connectivity index (χ4n) is 5.20. The Labute approximate surface area is 212 Å². The Hall–Kier alpha value is -2.24. The summed E-state index contributed by atoms with van der Waals surface area (Å²) in [5.41, 5.74) is 3.85. The number of nitrogens with one attached hydrogen (secondary N) is 1. The lowest BCUT2D eigenvalue weighted by Crippen LogP contribution is -2.43. The SMILES string of the molecule is CS(=O)(=O)N1CCC(OC(=O)NC(CCOC2CC(CCc3ccc4c(n3)CCCC4)C2)C(=O)O)C1. The van der Waals surface area contributed by atoms with Gasteiger partial charge in [-0.15, -0.1) is 0 Å². The van der Waals surface area contributed by atoms with Crippen LogP contribution < -0.4 is 5.32 Å². The molecule has 36 heavy (non-hydrogen) atoms. The largest absolute Gasteiger partial charge is 0.480 e. The van der Waals surface area contributed by atoms with Crippen molar-refractivity contribution < 1.29 is 32.6 Å². The van der Waals surface area contributed by atoms with Crippen LogP contribution in [0, 0.1) is 5.92 Å². The van der Waals surface area contributed by atoms with Crippen molar-refractivity contribution in [2.24, 2.45) is 5.92 Å². The van der Waals surface area contributed by atoms with E-state index in [9.17, 15) is 23.1 Å². The van der Waals surface area contributed by atoms with Crippen molar-refractivity contribution in [1.82, 2.24) is 14.6 Å². The van der Waals surface area contributed by atoms with Crippen molar-refractivity contribution in [2.75, 3.05) is 26.0 Å². The van der Waals surface area contributed by atoms with E-state index >= 15 is 0 Å². The van der Waals surface area contributed by atoms with Crippen LogP contribution in [0.25, 0.3) is 0 Å². The van der Waals surface area contributed by atoms with Crippen LogP contribution in [0.15, 0.2) is 12.1 Å². The number of fused-ring (bicyclic) bond motifs is 1. The van der Waals surface area contributed by atoms with Crippen molar-refractivity contribution in [3.8, 4) is 0 Å². The van der Waals surface area contributed by atoms with E-state index in [2.05, 4.69) is 17.4 Å². The molecule has 2 unspecified atom stereocenters. The number of aryl methyl sites for hydroxylation is 3. The van der Waals surface area contributed by atoms with E-state index in [0.717, 1.165) is 44.8 Å². The first-order valence-electron chi connectivity index (χ1n) is 12.9. The van der Waals surface area contributed by atoms with Crippen molar-refractivity contribution in [1.29, 1.82) is 0 Å². The highest BCUT2D eigenvalue weighted by Crippen LogP contribution is 2.34. The number of hydrogen-bond donors (Lipinski definition) is 2. The standard InChI is InChI=1S/C25H37N3O7S/c1-36(32,33)28-12-10-20(16-28)35-25(31)27-23(24(29)30)11-13-34-21-14-17(15-21)6-8-19-9-7-18-4-2-3-5-22(18)26-19/h7,9,17,20-21,23H,2-6,8,10-16H2,1H3,(H,27,31)(H,29,30). The van der Waals surface area contributed by atoms with E-state index in [1.54, 1.807) is 0 Å². The molecule has 1 saturated heterocycles. The topological polar surface area (TPSA) is 135 Å². The van der Waals surface area contributed by atoms with Gasteiger partial charge in [0.15, 0.2) is 0 Å². The summed E-state index contributed by atoms with van der Waals surface area (Å²) in [6, 6.07) is 3.27. The number of carbonyl (C=O) groups is 2. The molecular formula is C25H37N3O7S. The van der Waals surface area contributed by atoms with Gasteiger partial charge in [-0.05, 0) is 75.3 Å². The predicted octanol–water partition coefficient (Wildman–Crippen LogP) is 2.29. The average molecular weight is 524 g/mol. The maximum Gasteiger partial charge on any atom is 0.408 e. The fraction of sp³-hybridized carbons (Fsp3) is 0.720. The van der Waals surface area contributed by atoms with Gasteiger partial charge in [-0.2, -0.15) is 4.31 Å². The monoisotopic (exact) mass is 523 g/mol. The molecule has 4 rings (SSSR count). The molecule has 2 heterocycles. The minimum atomic E-state index is -3.34. The van der Waals surface area contributed by atoms with Crippen molar-refractivity contribution in [3.05, 3.63) is 29.1 Å². The number of sulfonamides is 1. The molecule has 3 aliphatic rings. The lowest BCUT2D eigenvalue weighted by Gasteiger charge is -2.35. The van der Waals surface area contributed by atoms with Crippen LogP contribution in [0.4, 0.5) is 4.79 Å². The molecule has 0 aromatic carbocycles. The maximum absolute atomic E-state index is 12.1. The van der Waals surface area contributed by atoms with Gasteiger partial charge in [0, 0.05) is 31.0 Å². The molecule has 1 aromatic rings. The van der Waals surface area contributed by atoms with Gasteiger partial charge in [-0.25, -0.2) is 18.0 Å². The molecule has 200 valence electrons. The molecule has 2 fully saturated rings. The lowest BCUT2D eigenvalue weighted by molar-refractivity contribution is -0.140. The lowest BCUT2D eigenvalue weighted by atomic mass is 9.79. The Morgan fingerprint density at radius 2 is 2.00 bits per heavy atom. The minimum absolute atomic E-state index is 0.0818. The number of aromatic nitrogens is 1.